The highest BCUT2D eigenvalue weighted by atomic mass is 16.5. The van der Waals surface area contributed by atoms with Gasteiger partial charge >= 0.3 is 5.76 Å². The first-order valence-electron chi connectivity index (χ1n) is 7.48. The molecule has 2 aromatic heterocycles. The molecule has 23 heavy (non-hydrogen) atoms. The summed E-state index contributed by atoms with van der Waals surface area (Å²) in [5.41, 5.74) is 1.83. The molecule has 0 saturated carbocycles. The van der Waals surface area contributed by atoms with Gasteiger partial charge in [-0.1, -0.05) is 48.4 Å². The molecule has 0 N–H and O–H groups in total. The number of hydrogen-bond acceptors (Lipinski definition) is 6. The molecule has 0 atom stereocenters. The lowest BCUT2D eigenvalue weighted by molar-refractivity contribution is 0.350. The summed E-state index contributed by atoms with van der Waals surface area (Å²) < 4.78 is 11.4. The normalized spacial score (nSPS) is 11.3. The Balaban J connectivity index is 1.92. The third kappa shape index (κ3) is 3.23. The molecule has 7 heteroatoms. The molecule has 0 saturated heterocycles. The minimum absolute atomic E-state index is 0.136. The van der Waals surface area contributed by atoms with Gasteiger partial charge in [0.25, 0.3) is 0 Å². The number of nitrogens with zero attached hydrogens (tertiary/aromatic N) is 4. The van der Waals surface area contributed by atoms with E-state index in [0.717, 1.165) is 17.5 Å². The summed E-state index contributed by atoms with van der Waals surface area (Å²) in [6, 6.07) is 7.66. The van der Waals surface area contributed by atoms with Crippen LogP contribution in [-0.2, 0) is 13.0 Å². The van der Waals surface area contributed by atoms with E-state index in [2.05, 4.69) is 29.1 Å². The number of benzene rings is 1. The third-order valence-corrected chi connectivity index (χ3v) is 3.47. The smallest absolute Gasteiger partial charge is 0.337 e. The average molecular weight is 314 g/mol. The molecule has 0 aliphatic heterocycles. The lowest BCUT2D eigenvalue weighted by atomic mass is 10.1. The molecule has 120 valence electrons. The second kappa shape index (κ2) is 6.20. The van der Waals surface area contributed by atoms with Crippen LogP contribution >= 0.6 is 0 Å². The zero-order valence-corrected chi connectivity index (χ0v) is 13.3. The van der Waals surface area contributed by atoms with Crippen molar-refractivity contribution in [2.24, 2.45) is 5.92 Å². The fraction of sp³-hybridized carbons (Fsp3) is 0.375. The molecule has 0 fully saturated rings. The summed E-state index contributed by atoms with van der Waals surface area (Å²) in [6.45, 7) is 6.25. The fourth-order valence-corrected chi connectivity index (χ4v) is 2.36. The van der Waals surface area contributed by atoms with Crippen LogP contribution in [0.5, 0.6) is 0 Å². The van der Waals surface area contributed by atoms with E-state index in [1.54, 1.807) is 0 Å². The Bertz CT molecular complexity index is 860. The van der Waals surface area contributed by atoms with E-state index in [-0.39, 0.29) is 6.54 Å². The predicted molar refractivity (Wildman–Crippen MR) is 82.9 cm³/mol. The van der Waals surface area contributed by atoms with Gasteiger partial charge in [0.2, 0.25) is 5.89 Å². The highest BCUT2D eigenvalue weighted by molar-refractivity contribution is 5.59. The number of aromatic nitrogens is 4. The topological polar surface area (TPSA) is 87.0 Å². The molecule has 7 nitrogen and oxygen atoms in total. The van der Waals surface area contributed by atoms with Crippen LogP contribution in [0.4, 0.5) is 0 Å². The van der Waals surface area contributed by atoms with Crippen LogP contribution in [0, 0.1) is 12.8 Å². The monoisotopic (exact) mass is 314 g/mol. The minimum atomic E-state index is -0.549. The molecule has 0 amide bonds. The molecule has 0 spiro atoms. The lowest BCUT2D eigenvalue weighted by Gasteiger charge is -2.04. The largest absolute Gasteiger partial charge is 0.442 e. The molecule has 0 radical (unpaired) electrons. The number of rotatable bonds is 5. The highest BCUT2D eigenvalue weighted by Gasteiger charge is 2.17. The van der Waals surface area contributed by atoms with Gasteiger partial charge in [-0.15, -0.1) is 0 Å². The quantitative estimate of drug-likeness (QED) is 0.719. The van der Waals surface area contributed by atoms with Crippen molar-refractivity contribution in [2.75, 3.05) is 0 Å². The molecule has 3 rings (SSSR count). The van der Waals surface area contributed by atoms with Crippen molar-refractivity contribution in [3.63, 3.8) is 0 Å². The molecule has 2 heterocycles. The SMILES string of the molecule is Cc1ccccc1-c1noc(=O)n1Cc1nc(CC(C)C)no1. The maximum Gasteiger partial charge on any atom is 0.442 e. The van der Waals surface area contributed by atoms with Gasteiger partial charge < -0.3 is 4.52 Å². The van der Waals surface area contributed by atoms with Crippen molar-refractivity contribution in [1.82, 2.24) is 19.9 Å². The van der Waals surface area contributed by atoms with Gasteiger partial charge in [0.1, 0.15) is 6.54 Å². The maximum absolute atomic E-state index is 12.0. The van der Waals surface area contributed by atoms with Crippen LogP contribution in [0.25, 0.3) is 11.4 Å². The first-order valence-corrected chi connectivity index (χ1v) is 7.48. The number of hydrogen-bond donors (Lipinski definition) is 0. The van der Waals surface area contributed by atoms with Gasteiger partial charge in [0.05, 0.1) is 0 Å². The van der Waals surface area contributed by atoms with Gasteiger partial charge in [0.15, 0.2) is 11.6 Å². The Kier molecular flexibility index (Phi) is 4.10. The zero-order valence-electron chi connectivity index (χ0n) is 13.3. The van der Waals surface area contributed by atoms with Crippen LogP contribution in [0.15, 0.2) is 38.1 Å². The first-order chi connectivity index (χ1) is 11.0. The van der Waals surface area contributed by atoms with Crippen molar-refractivity contribution in [2.45, 2.75) is 33.7 Å². The van der Waals surface area contributed by atoms with E-state index in [9.17, 15) is 4.79 Å². The van der Waals surface area contributed by atoms with E-state index < -0.39 is 5.76 Å². The molecule has 0 bridgehead atoms. The van der Waals surface area contributed by atoms with Crippen LogP contribution < -0.4 is 5.76 Å². The second-order valence-electron chi connectivity index (χ2n) is 5.88. The third-order valence-electron chi connectivity index (χ3n) is 3.47. The molecular formula is C16H18N4O3. The lowest BCUT2D eigenvalue weighted by Crippen LogP contribution is -2.16. The molecule has 0 aliphatic rings. The summed E-state index contributed by atoms with van der Waals surface area (Å²) in [4.78, 5) is 16.3. The van der Waals surface area contributed by atoms with E-state index in [0.29, 0.717) is 23.5 Å². The van der Waals surface area contributed by atoms with Crippen molar-refractivity contribution < 1.29 is 9.05 Å². The Morgan fingerprint density at radius 2 is 1.96 bits per heavy atom. The van der Waals surface area contributed by atoms with E-state index in [1.165, 1.54) is 4.57 Å². The summed E-state index contributed by atoms with van der Waals surface area (Å²) >= 11 is 0. The Labute approximate surface area is 132 Å². The van der Waals surface area contributed by atoms with E-state index >= 15 is 0 Å². The second-order valence-corrected chi connectivity index (χ2v) is 5.88. The van der Waals surface area contributed by atoms with Gasteiger partial charge in [0, 0.05) is 12.0 Å². The maximum atomic E-state index is 12.0. The molecule has 1 aromatic carbocycles. The van der Waals surface area contributed by atoms with Gasteiger partial charge in [-0.3, -0.25) is 4.52 Å². The Hall–Kier alpha value is -2.70. The van der Waals surface area contributed by atoms with Gasteiger partial charge in [-0.25, -0.2) is 9.36 Å². The molecular weight excluding hydrogens is 296 g/mol. The molecule has 3 aromatic rings. The van der Waals surface area contributed by atoms with Gasteiger partial charge in [-0.2, -0.15) is 4.98 Å². The van der Waals surface area contributed by atoms with E-state index in [4.69, 9.17) is 9.05 Å². The highest BCUT2D eigenvalue weighted by Crippen LogP contribution is 2.20. The summed E-state index contributed by atoms with van der Waals surface area (Å²) in [5.74, 6) is 1.34. The summed E-state index contributed by atoms with van der Waals surface area (Å²) in [7, 11) is 0. The van der Waals surface area contributed by atoms with E-state index in [1.807, 2.05) is 31.2 Å². The molecule has 0 aliphatic carbocycles. The summed E-state index contributed by atoms with van der Waals surface area (Å²) in [6.07, 6.45) is 0.729. The van der Waals surface area contributed by atoms with Crippen LogP contribution in [-0.4, -0.2) is 19.9 Å². The molecule has 0 unspecified atom stereocenters. The summed E-state index contributed by atoms with van der Waals surface area (Å²) in [5, 5.41) is 7.82. The first kappa shape index (κ1) is 15.2. The average Bonchev–Trinajstić information content (AvgIpc) is 3.08. The van der Waals surface area contributed by atoms with Crippen LogP contribution in [0.1, 0.15) is 31.1 Å². The number of aryl methyl sites for hydroxylation is 1. The van der Waals surface area contributed by atoms with Crippen molar-refractivity contribution in [3.8, 4) is 11.4 Å². The zero-order chi connectivity index (χ0) is 16.4. The van der Waals surface area contributed by atoms with Crippen molar-refractivity contribution in [1.29, 1.82) is 0 Å². The van der Waals surface area contributed by atoms with Crippen molar-refractivity contribution in [3.05, 3.63) is 52.1 Å². The Morgan fingerprint density at radius 3 is 2.70 bits per heavy atom. The van der Waals surface area contributed by atoms with Gasteiger partial charge in [-0.05, 0) is 18.4 Å². The van der Waals surface area contributed by atoms with Crippen LogP contribution in [0.3, 0.4) is 0 Å². The minimum Gasteiger partial charge on any atom is -0.337 e. The van der Waals surface area contributed by atoms with Crippen LogP contribution in [0.2, 0.25) is 0 Å². The van der Waals surface area contributed by atoms with Crippen molar-refractivity contribution >= 4 is 0 Å². The predicted octanol–water partition coefficient (Wildman–Crippen LogP) is 2.44. The Morgan fingerprint density at radius 1 is 1.17 bits per heavy atom. The fourth-order valence-electron chi connectivity index (χ4n) is 2.36. The standard InChI is InChI=1S/C16H18N4O3/c1-10(2)8-13-17-14(22-18-13)9-20-15(19-23-16(20)21)12-7-5-4-6-11(12)3/h4-7,10H,8-9H2,1-3H3.